The fourth-order valence-electron chi connectivity index (χ4n) is 3.83. The Morgan fingerprint density at radius 1 is 1.16 bits per heavy atom. The van der Waals surface area contributed by atoms with Crippen LogP contribution in [0.5, 0.6) is 0 Å². The lowest BCUT2D eigenvalue weighted by Gasteiger charge is -2.19. The lowest BCUT2D eigenvalue weighted by atomic mass is 9.98. The highest BCUT2D eigenvalue weighted by molar-refractivity contribution is 5.85. The first-order valence-corrected chi connectivity index (χ1v) is 7.32. The minimum Gasteiger partial charge on any atom is -0.327 e. The van der Waals surface area contributed by atoms with Gasteiger partial charge in [-0.2, -0.15) is 0 Å². The molecule has 3 heteroatoms. The second-order valence-electron chi connectivity index (χ2n) is 5.98. The number of nitrogens with zero attached hydrogens (tertiary/aromatic N) is 1. The first-order chi connectivity index (χ1) is 8.78. The number of likely N-dealkylation sites (tertiary alicyclic amines) is 1. The number of aryl methyl sites for hydroxylation is 1. The molecular formula is C16H25ClN2. The minimum atomic E-state index is 0. The topological polar surface area (TPSA) is 29.3 Å². The molecule has 1 saturated heterocycles. The molecule has 1 aliphatic heterocycles. The summed E-state index contributed by atoms with van der Waals surface area (Å²) in [6.45, 7) is 5.83. The number of benzene rings is 1. The normalized spacial score (nSPS) is 30.1. The van der Waals surface area contributed by atoms with E-state index in [1.54, 1.807) is 0 Å². The Morgan fingerprint density at radius 3 is 2.58 bits per heavy atom. The van der Waals surface area contributed by atoms with Crippen molar-refractivity contribution in [1.82, 2.24) is 4.90 Å². The van der Waals surface area contributed by atoms with Crippen LogP contribution in [0.2, 0.25) is 0 Å². The molecule has 3 atom stereocenters. The third-order valence-electron chi connectivity index (χ3n) is 4.88. The SMILES string of the molecule is CCc1ccccc1CN1CC2CCC(N)C2C1.Cl. The van der Waals surface area contributed by atoms with Crippen LogP contribution in [0.3, 0.4) is 0 Å². The van der Waals surface area contributed by atoms with Crippen LogP contribution in [0.25, 0.3) is 0 Å². The van der Waals surface area contributed by atoms with Crippen LogP contribution in [-0.4, -0.2) is 24.0 Å². The van der Waals surface area contributed by atoms with E-state index in [9.17, 15) is 0 Å². The van der Waals surface area contributed by atoms with Crippen molar-refractivity contribution in [2.24, 2.45) is 17.6 Å². The predicted octanol–water partition coefficient (Wildman–Crippen LogP) is 2.84. The first kappa shape index (κ1) is 14.8. The molecule has 1 saturated carbocycles. The monoisotopic (exact) mass is 280 g/mol. The van der Waals surface area contributed by atoms with Crippen LogP contribution in [0.15, 0.2) is 24.3 Å². The van der Waals surface area contributed by atoms with Crippen LogP contribution in [0.4, 0.5) is 0 Å². The fraction of sp³-hybridized carbons (Fsp3) is 0.625. The van der Waals surface area contributed by atoms with Gasteiger partial charge in [-0.1, -0.05) is 31.2 Å². The van der Waals surface area contributed by atoms with Crippen molar-refractivity contribution in [3.8, 4) is 0 Å². The highest BCUT2D eigenvalue weighted by Gasteiger charge is 2.40. The van der Waals surface area contributed by atoms with E-state index in [4.69, 9.17) is 5.73 Å². The zero-order valence-corrected chi connectivity index (χ0v) is 12.5. The van der Waals surface area contributed by atoms with E-state index < -0.39 is 0 Å². The maximum atomic E-state index is 6.20. The molecule has 1 heterocycles. The summed E-state index contributed by atoms with van der Waals surface area (Å²) in [5.41, 5.74) is 9.21. The minimum absolute atomic E-state index is 0. The second-order valence-corrected chi connectivity index (χ2v) is 5.98. The summed E-state index contributed by atoms with van der Waals surface area (Å²) in [5.74, 6) is 1.63. The van der Waals surface area contributed by atoms with Gasteiger partial charge in [0.2, 0.25) is 0 Å². The third-order valence-corrected chi connectivity index (χ3v) is 4.88. The quantitative estimate of drug-likeness (QED) is 0.923. The smallest absolute Gasteiger partial charge is 0.0236 e. The van der Waals surface area contributed by atoms with Crippen molar-refractivity contribution >= 4 is 12.4 Å². The van der Waals surface area contributed by atoms with Crippen LogP contribution in [0, 0.1) is 11.8 Å². The van der Waals surface area contributed by atoms with Gasteiger partial charge in [-0.3, -0.25) is 4.90 Å². The van der Waals surface area contributed by atoms with Crippen LogP contribution in [0.1, 0.15) is 30.9 Å². The Bertz CT molecular complexity index is 421. The molecule has 0 aromatic heterocycles. The maximum absolute atomic E-state index is 6.20. The van der Waals surface area contributed by atoms with E-state index in [2.05, 4.69) is 36.1 Å². The molecule has 1 aromatic carbocycles. The van der Waals surface area contributed by atoms with Crippen LogP contribution >= 0.6 is 12.4 Å². The second kappa shape index (κ2) is 6.25. The van der Waals surface area contributed by atoms with Crippen molar-refractivity contribution in [3.05, 3.63) is 35.4 Å². The average molecular weight is 281 g/mol. The molecule has 106 valence electrons. The number of hydrogen-bond acceptors (Lipinski definition) is 2. The summed E-state index contributed by atoms with van der Waals surface area (Å²) < 4.78 is 0. The molecule has 2 fully saturated rings. The summed E-state index contributed by atoms with van der Waals surface area (Å²) in [5, 5.41) is 0. The molecule has 3 unspecified atom stereocenters. The zero-order valence-electron chi connectivity index (χ0n) is 11.7. The summed E-state index contributed by atoms with van der Waals surface area (Å²) in [6, 6.07) is 9.32. The van der Waals surface area contributed by atoms with Gasteiger partial charge in [0.15, 0.2) is 0 Å². The molecule has 2 aliphatic rings. The molecular weight excluding hydrogens is 256 g/mol. The summed E-state index contributed by atoms with van der Waals surface area (Å²) in [6.07, 6.45) is 3.73. The summed E-state index contributed by atoms with van der Waals surface area (Å²) >= 11 is 0. The molecule has 0 bridgehead atoms. The van der Waals surface area contributed by atoms with Gasteiger partial charge >= 0.3 is 0 Å². The van der Waals surface area contributed by atoms with Crippen LogP contribution in [-0.2, 0) is 13.0 Å². The van der Waals surface area contributed by atoms with Gasteiger partial charge in [0.25, 0.3) is 0 Å². The molecule has 0 amide bonds. The number of nitrogens with two attached hydrogens (primary N) is 1. The van der Waals surface area contributed by atoms with E-state index in [0.29, 0.717) is 6.04 Å². The van der Waals surface area contributed by atoms with Crippen molar-refractivity contribution in [2.75, 3.05) is 13.1 Å². The van der Waals surface area contributed by atoms with E-state index in [1.165, 1.54) is 37.1 Å². The lowest BCUT2D eigenvalue weighted by Crippen LogP contribution is -2.30. The Labute approximate surface area is 122 Å². The number of hydrogen-bond donors (Lipinski definition) is 1. The Morgan fingerprint density at radius 2 is 1.89 bits per heavy atom. The third kappa shape index (κ3) is 2.96. The Balaban J connectivity index is 0.00000133. The van der Waals surface area contributed by atoms with E-state index in [-0.39, 0.29) is 12.4 Å². The number of fused-ring (bicyclic) bond motifs is 1. The van der Waals surface area contributed by atoms with Gasteiger partial charge in [0.1, 0.15) is 0 Å². The standard InChI is InChI=1S/C16H24N2.ClH/c1-2-12-5-3-4-6-13(12)9-18-10-14-7-8-16(17)15(14)11-18;/h3-6,14-16H,2,7-11,17H2,1H3;1H. The van der Waals surface area contributed by atoms with Gasteiger partial charge in [-0.15, -0.1) is 12.4 Å². The van der Waals surface area contributed by atoms with Gasteiger partial charge in [-0.05, 0) is 42.2 Å². The van der Waals surface area contributed by atoms with Crippen molar-refractivity contribution in [2.45, 2.75) is 38.8 Å². The fourth-order valence-corrected chi connectivity index (χ4v) is 3.83. The maximum Gasteiger partial charge on any atom is 0.0236 e. The predicted molar refractivity (Wildman–Crippen MR) is 82.5 cm³/mol. The molecule has 0 radical (unpaired) electrons. The highest BCUT2D eigenvalue weighted by atomic mass is 35.5. The van der Waals surface area contributed by atoms with Crippen molar-refractivity contribution in [1.29, 1.82) is 0 Å². The average Bonchev–Trinajstić information content (AvgIpc) is 2.93. The zero-order chi connectivity index (χ0) is 12.5. The van der Waals surface area contributed by atoms with E-state index >= 15 is 0 Å². The van der Waals surface area contributed by atoms with Gasteiger partial charge in [0, 0.05) is 25.7 Å². The molecule has 0 spiro atoms. The van der Waals surface area contributed by atoms with Gasteiger partial charge < -0.3 is 5.73 Å². The van der Waals surface area contributed by atoms with E-state index in [1.807, 2.05) is 0 Å². The molecule has 3 rings (SSSR count). The summed E-state index contributed by atoms with van der Waals surface area (Å²) in [7, 11) is 0. The largest absolute Gasteiger partial charge is 0.327 e. The van der Waals surface area contributed by atoms with E-state index in [0.717, 1.165) is 24.8 Å². The van der Waals surface area contributed by atoms with Crippen molar-refractivity contribution in [3.63, 3.8) is 0 Å². The Hall–Kier alpha value is -0.570. The first-order valence-electron chi connectivity index (χ1n) is 7.32. The lowest BCUT2D eigenvalue weighted by molar-refractivity contribution is 0.297. The molecule has 2 N–H and O–H groups in total. The number of halogens is 1. The molecule has 1 aromatic rings. The van der Waals surface area contributed by atoms with Gasteiger partial charge in [0.05, 0.1) is 0 Å². The molecule has 2 nitrogen and oxygen atoms in total. The van der Waals surface area contributed by atoms with Crippen molar-refractivity contribution < 1.29 is 0 Å². The molecule has 19 heavy (non-hydrogen) atoms. The summed E-state index contributed by atoms with van der Waals surface area (Å²) in [4.78, 5) is 2.61. The van der Waals surface area contributed by atoms with Gasteiger partial charge in [-0.25, -0.2) is 0 Å². The molecule has 1 aliphatic carbocycles. The number of rotatable bonds is 3. The Kier molecular flexibility index (Phi) is 4.88. The highest BCUT2D eigenvalue weighted by Crippen LogP contribution is 2.37. The van der Waals surface area contributed by atoms with Crippen LogP contribution < -0.4 is 5.73 Å².